The molecule has 142 valence electrons. The predicted octanol–water partition coefficient (Wildman–Crippen LogP) is 3.62. The van der Waals surface area contributed by atoms with Crippen LogP contribution in [0.5, 0.6) is 11.5 Å². The fourth-order valence-corrected chi connectivity index (χ4v) is 3.13. The Labute approximate surface area is 161 Å². The molecule has 1 atom stereocenters. The van der Waals surface area contributed by atoms with Gasteiger partial charge >= 0.3 is 0 Å². The maximum absolute atomic E-state index is 12.7. The van der Waals surface area contributed by atoms with Crippen LogP contribution in [0.1, 0.15) is 19.2 Å². The Kier molecular flexibility index (Phi) is 6.08. The molecule has 0 saturated heterocycles. The van der Waals surface area contributed by atoms with Crippen LogP contribution < -0.4 is 9.47 Å². The summed E-state index contributed by atoms with van der Waals surface area (Å²) in [4.78, 5) is 19.5. The van der Waals surface area contributed by atoms with Gasteiger partial charge in [-0.05, 0) is 42.1 Å². The van der Waals surface area contributed by atoms with Crippen molar-refractivity contribution in [3.63, 3.8) is 0 Å². The van der Waals surface area contributed by atoms with Crippen molar-refractivity contribution in [1.82, 2.24) is 15.0 Å². The van der Waals surface area contributed by atoms with Crippen LogP contribution in [0.4, 0.5) is 0 Å². The highest BCUT2D eigenvalue weighted by Crippen LogP contribution is 2.22. The lowest BCUT2D eigenvalue weighted by atomic mass is 10.2. The minimum atomic E-state index is -0.594. The second kappa shape index (κ2) is 8.68. The first-order chi connectivity index (χ1) is 13.1. The first kappa shape index (κ1) is 18.9. The SMILES string of the molecule is CC[C@H](Oc1ccc(OC)cc1)C(=O)N(C)Cc1nc(-c2cccs2)no1. The van der Waals surface area contributed by atoms with Crippen molar-refractivity contribution < 1.29 is 18.8 Å². The number of hydrogen-bond acceptors (Lipinski definition) is 7. The van der Waals surface area contributed by atoms with Gasteiger partial charge in [0.1, 0.15) is 11.5 Å². The number of methoxy groups -OCH3 is 1. The monoisotopic (exact) mass is 387 g/mol. The third-order valence-corrected chi connectivity index (χ3v) is 4.81. The van der Waals surface area contributed by atoms with Gasteiger partial charge in [0.05, 0.1) is 18.5 Å². The maximum Gasteiger partial charge on any atom is 0.263 e. The summed E-state index contributed by atoms with van der Waals surface area (Å²) >= 11 is 1.53. The van der Waals surface area contributed by atoms with E-state index in [0.29, 0.717) is 23.9 Å². The average Bonchev–Trinajstić information content (AvgIpc) is 3.37. The van der Waals surface area contributed by atoms with Crippen LogP contribution in [0, 0.1) is 0 Å². The second-order valence-electron chi connectivity index (χ2n) is 5.87. The van der Waals surface area contributed by atoms with Gasteiger partial charge in [0.25, 0.3) is 5.91 Å². The van der Waals surface area contributed by atoms with Crippen molar-refractivity contribution >= 4 is 17.2 Å². The molecule has 0 aliphatic heterocycles. The van der Waals surface area contributed by atoms with Crippen LogP contribution in [0.2, 0.25) is 0 Å². The zero-order chi connectivity index (χ0) is 19.2. The third kappa shape index (κ3) is 4.65. The maximum atomic E-state index is 12.7. The third-order valence-electron chi connectivity index (χ3n) is 3.94. The fraction of sp³-hybridized carbons (Fsp3) is 0.316. The van der Waals surface area contributed by atoms with Gasteiger partial charge in [-0.2, -0.15) is 4.98 Å². The van der Waals surface area contributed by atoms with Crippen molar-refractivity contribution in [2.75, 3.05) is 14.2 Å². The zero-order valence-electron chi connectivity index (χ0n) is 15.4. The number of carbonyl (C=O) groups is 1. The molecule has 0 spiro atoms. The molecule has 1 amide bonds. The van der Waals surface area contributed by atoms with Crippen molar-refractivity contribution in [2.45, 2.75) is 26.0 Å². The smallest absolute Gasteiger partial charge is 0.263 e. The Morgan fingerprint density at radius 2 is 2.00 bits per heavy atom. The highest BCUT2D eigenvalue weighted by Gasteiger charge is 2.24. The summed E-state index contributed by atoms with van der Waals surface area (Å²) in [5.74, 6) is 2.11. The van der Waals surface area contributed by atoms with E-state index in [1.165, 1.54) is 16.2 Å². The first-order valence-electron chi connectivity index (χ1n) is 8.53. The topological polar surface area (TPSA) is 77.7 Å². The normalized spacial score (nSPS) is 11.8. The van der Waals surface area contributed by atoms with Crippen LogP contribution in [0.15, 0.2) is 46.3 Å². The van der Waals surface area contributed by atoms with Gasteiger partial charge in [0.15, 0.2) is 6.10 Å². The summed E-state index contributed by atoms with van der Waals surface area (Å²) < 4.78 is 16.2. The van der Waals surface area contributed by atoms with E-state index >= 15 is 0 Å². The van der Waals surface area contributed by atoms with E-state index < -0.39 is 6.10 Å². The van der Waals surface area contributed by atoms with Gasteiger partial charge in [0, 0.05) is 7.05 Å². The molecule has 0 bridgehead atoms. The van der Waals surface area contributed by atoms with E-state index in [2.05, 4.69) is 10.1 Å². The molecule has 0 fully saturated rings. The van der Waals surface area contributed by atoms with Gasteiger partial charge in [0.2, 0.25) is 11.7 Å². The lowest BCUT2D eigenvalue weighted by Gasteiger charge is -2.22. The summed E-state index contributed by atoms with van der Waals surface area (Å²) in [5.41, 5.74) is 0. The van der Waals surface area contributed by atoms with Crippen LogP contribution in [0.25, 0.3) is 10.7 Å². The van der Waals surface area contributed by atoms with E-state index in [1.807, 2.05) is 24.4 Å². The number of aromatic nitrogens is 2. The summed E-state index contributed by atoms with van der Waals surface area (Å²) in [6.07, 6.45) is -0.0532. The van der Waals surface area contributed by atoms with Crippen molar-refractivity contribution in [3.05, 3.63) is 47.7 Å². The summed E-state index contributed by atoms with van der Waals surface area (Å²) in [6, 6.07) is 11.0. The lowest BCUT2D eigenvalue weighted by molar-refractivity contribution is -0.138. The second-order valence-corrected chi connectivity index (χ2v) is 6.82. The fourth-order valence-electron chi connectivity index (χ4n) is 2.48. The van der Waals surface area contributed by atoms with E-state index in [1.54, 1.807) is 38.4 Å². The van der Waals surface area contributed by atoms with Crippen LogP contribution in [0.3, 0.4) is 0 Å². The molecule has 3 rings (SSSR count). The number of likely N-dealkylation sites (N-methyl/N-ethyl adjacent to an activating group) is 1. The Morgan fingerprint density at radius 1 is 1.26 bits per heavy atom. The molecule has 0 radical (unpaired) electrons. The molecular weight excluding hydrogens is 366 g/mol. The number of carbonyl (C=O) groups excluding carboxylic acids is 1. The zero-order valence-corrected chi connectivity index (χ0v) is 16.2. The van der Waals surface area contributed by atoms with E-state index in [0.717, 1.165) is 10.6 Å². The highest BCUT2D eigenvalue weighted by molar-refractivity contribution is 7.13. The predicted molar refractivity (Wildman–Crippen MR) is 102 cm³/mol. The summed E-state index contributed by atoms with van der Waals surface area (Å²) in [5, 5.41) is 5.91. The Morgan fingerprint density at radius 3 is 2.63 bits per heavy atom. The molecule has 0 aliphatic carbocycles. The minimum Gasteiger partial charge on any atom is -0.497 e. The van der Waals surface area contributed by atoms with Gasteiger partial charge in [-0.1, -0.05) is 18.1 Å². The molecular formula is C19H21N3O4S. The molecule has 3 aromatic rings. The number of thiophene rings is 1. The van der Waals surface area contributed by atoms with Crippen LogP contribution in [-0.4, -0.2) is 41.2 Å². The van der Waals surface area contributed by atoms with E-state index in [4.69, 9.17) is 14.0 Å². The Hall–Kier alpha value is -2.87. The summed E-state index contributed by atoms with van der Waals surface area (Å²) in [7, 11) is 3.29. The van der Waals surface area contributed by atoms with Crippen molar-refractivity contribution in [1.29, 1.82) is 0 Å². The average molecular weight is 387 g/mol. The van der Waals surface area contributed by atoms with Crippen LogP contribution in [-0.2, 0) is 11.3 Å². The highest BCUT2D eigenvalue weighted by atomic mass is 32.1. The molecule has 2 heterocycles. The molecule has 2 aromatic heterocycles. The van der Waals surface area contributed by atoms with E-state index in [-0.39, 0.29) is 12.5 Å². The van der Waals surface area contributed by atoms with Gasteiger partial charge < -0.3 is 18.9 Å². The first-order valence-corrected chi connectivity index (χ1v) is 9.40. The van der Waals surface area contributed by atoms with Gasteiger partial charge in [-0.25, -0.2) is 0 Å². The molecule has 1 aromatic carbocycles. The molecule has 7 nitrogen and oxygen atoms in total. The number of amides is 1. The van der Waals surface area contributed by atoms with Gasteiger partial charge in [-0.3, -0.25) is 4.79 Å². The Bertz CT molecular complexity index is 861. The largest absolute Gasteiger partial charge is 0.497 e. The van der Waals surface area contributed by atoms with E-state index in [9.17, 15) is 4.79 Å². The van der Waals surface area contributed by atoms with Crippen LogP contribution >= 0.6 is 11.3 Å². The molecule has 0 unspecified atom stereocenters. The standard InChI is InChI=1S/C19H21N3O4S/c1-4-15(25-14-9-7-13(24-3)8-10-14)19(23)22(2)12-17-20-18(21-26-17)16-6-5-11-27-16/h5-11,15H,4,12H2,1-3H3/t15-/m0/s1. The number of hydrogen-bond donors (Lipinski definition) is 0. The van der Waals surface area contributed by atoms with Gasteiger partial charge in [-0.15, -0.1) is 11.3 Å². The molecule has 0 N–H and O–H groups in total. The molecule has 27 heavy (non-hydrogen) atoms. The quantitative estimate of drug-likeness (QED) is 0.587. The van der Waals surface area contributed by atoms with Crippen molar-refractivity contribution in [3.8, 4) is 22.2 Å². The summed E-state index contributed by atoms with van der Waals surface area (Å²) in [6.45, 7) is 2.13. The lowest BCUT2D eigenvalue weighted by Crippen LogP contribution is -2.39. The molecule has 0 aliphatic rings. The number of rotatable bonds is 8. The van der Waals surface area contributed by atoms with Crippen molar-refractivity contribution in [2.24, 2.45) is 0 Å². The number of benzene rings is 1. The molecule has 0 saturated carbocycles. The minimum absolute atomic E-state index is 0.149. The Balaban J connectivity index is 1.62. The number of ether oxygens (including phenoxy) is 2. The molecule has 8 heteroatoms. The number of nitrogens with zero attached hydrogens (tertiary/aromatic N) is 3.